The molecule has 0 fully saturated rings. The third-order valence-corrected chi connectivity index (χ3v) is 5.35. The molecular weight excluding hydrogens is 364 g/mol. The van der Waals surface area contributed by atoms with Crippen LogP contribution >= 0.6 is 0 Å². The number of benzene rings is 2. The molecule has 0 aliphatic heterocycles. The molecule has 7 nitrogen and oxygen atoms in total. The molecule has 0 saturated heterocycles. The van der Waals surface area contributed by atoms with Crippen molar-refractivity contribution in [3.05, 3.63) is 59.4 Å². The first kappa shape index (κ1) is 19.1. The second-order valence-corrected chi connectivity index (χ2v) is 7.86. The van der Waals surface area contributed by atoms with Crippen LogP contribution in [0, 0.1) is 4.78 Å². The molecular formula is C19H21N4O3S-. The summed E-state index contributed by atoms with van der Waals surface area (Å²) >= 11 is 0. The van der Waals surface area contributed by atoms with Gasteiger partial charge in [0.05, 0.1) is 12.6 Å². The third-order valence-electron chi connectivity index (χ3n) is 3.92. The van der Waals surface area contributed by atoms with Crippen LogP contribution in [0.15, 0.2) is 59.6 Å². The Bertz CT molecular complexity index is 1030. The van der Waals surface area contributed by atoms with E-state index in [0.717, 1.165) is 28.0 Å². The standard InChI is InChI=1S/C19H21N4O3S/c1-13(24)12-22-27(20,25)16-6-3-14(4-7-16)23-18-9-10-21-19-11-15(26-2)5-8-17(18)19/h3-11,13,24H,12H2,1-2H3,(H2-,20,21,22,23,25)/q-1/t13-,27?/m0/s1. The van der Waals surface area contributed by atoms with Crippen molar-refractivity contribution >= 4 is 32.2 Å². The molecule has 1 heterocycles. The fourth-order valence-electron chi connectivity index (χ4n) is 2.53. The van der Waals surface area contributed by atoms with Crippen molar-refractivity contribution in [2.75, 3.05) is 19.0 Å². The van der Waals surface area contributed by atoms with Gasteiger partial charge in [-0.05, 0) is 59.3 Å². The highest BCUT2D eigenvalue weighted by Crippen LogP contribution is 2.28. The maximum Gasteiger partial charge on any atom is 0.121 e. The molecule has 1 unspecified atom stereocenters. The van der Waals surface area contributed by atoms with Crippen LogP contribution in [0.5, 0.6) is 5.75 Å². The van der Waals surface area contributed by atoms with Gasteiger partial charge in [0.1, 0.15) is 5.75 Å². The number of aliphatic hydroxyl groups excluding tert-OH is 1. The molecule has 0 spiro atoms. The van der Waals surface area contributed by atoms with Crippen molar-refractivity contribution in [1.29, 1.82) is 4.78 Å². The Morgan fingerprint density at radius 3 is 2.67 bits per heavy atom. The first-order chi connectivity index (χ1) is 12.9. The van der Waals surface area contributed by atoms with E-state index in [0.29, 0.717) is 4.90 Å². The van der Waals surface area contributed by atoms with Crippen LogP contribution in [0.25, 0.3) is 15.6 Å². The van der Waals surface area contributed by atoms with Crippen LogP contribution in [0.1, 0.15) is 6.92 Å². The largest absolute Gasteiger partial charge is 0.561 e. The number of aliphatic hydroxyl groups is 1. The Labute approximate surface area is 158 Å². The molecule has 1 aromatic heterocycles. The molecule has 3 rings (SSSR count). The number of rotatable bonds is 7. The summed E-state index contributed by atoms with van der Waals surface area (Å²) in [6.07, 6.45) is 0.986. The highest BCUT2D eigenvalue weighted by molar-refractivity contribution is 7.95. The van der Waals surface area contributed by atoms with Gasteiger partial charge in [0.2, 0.25) is 0 Å². The minimum Gasteiger partial charge on any atom is -0.561 e. The second-order valence-electron chi connectivity index (χ2n) is 6.08. The van der Waals surface area contributed by atoms with Crippen molar-refractivity contribution in [2.24, 2.45) is 0 Å². The van der Waals surface area contributed by atoms with E-state index >= 15 is 0 Å². The smallest absolute Gasteiger partial charge is 0.121 e. The number of fused-ring (bicyclic) bond motifs is 1. The highest BCUT2D eigenvalue weighted by Gasteiger charge is 2.06. The van der Waals surface area contributed by atoms with Gasteiger partial charge in [-0.1, -0.05) is 0 Å². The van der Waals surface area contributed by atoms with Gasteiger partial charge < -0.3 is 19.9 Å². The average molecular weight is 385 g/mol. The summed E-state index contributed by atoms with van der Waals surface area (Å²) in [5, 5.41) is 13.5. The Morgan fingerprint density at radius 1 is 1.26 bits per heavy atom. The summed E-state index contributed by atoms with van der Waals surface area (Å²) in [5.41, 5.74) is 2.47. The monoisotopic (exact) mass is 385 g/mol. The lowest BCUT2D eigenvalue weighted by Gasteiger charge is -2.24. The van der Waals surface area contributed by atoms with E-state index in [4.69, 9.17) is 9.52 Å². The van der Waals surface area contributed by atoms with Crippen LogP contribution in [0.3, 0.4) is 0 Å². The number of anilines is 2. The first-order valence-corrected chi connectivity index (χ1v) is 9.86. The maximum atomic E-state index is 12.3. The summed E-state index contributed by atoms with van der Waals surface area (Å²) in [4.78, 5) is 4.66. The predicted molar refractivity (Wildman–Crippen MR) is 107 cm³/mol. The van der Waals surface area contributed by atoms with E-state index < -0.39 is 16.0 Å². The Morgan fingerprint density at radius 2 is 2.00 bits per heavy atom. The lowest BCUT2D eigenvalue weighted by molar-refractivity contribution is 0.211. The SMILES string of the molecule is COc1ccc2c(Nc3ccc(S(=N)(=O)[N-]C[C@H](C)O)cc3)ccnc2c1. The number of aromatic nitrogens is 1. The molecule has 3 aromatic rings. The summed E-state index contributed by atoms with van der Waals surface area (Å²) < 4.78 is 29.3. The van der Waals surface area contributed by atoms with E-state index in [1.165, 1.54) is 0 Å². The fraction of sp³-hybridized carbons (Fsp3) is 0.211. The van der Waals surface area contributed by atoms with Crippen molar-refractivity contribution in [3.63, 3.8) is 0 Å². The Balaban J connectivity index is 1.82. The van der Waals surface area contributed by atoms with Crippen molar-refractivity contribution < 1.29 is 14.1 Å². The molecule has 3 N–H and O–H groups in total. The van der Waals surface area contributed by atoms with Crippen molar-refractivity contribution in [2.45, 2.75) is 17.9 Å². The van der Waals surface area contributed by atoms with Crippen molar-refractivity contribution in [3.8, 4) is 5.75 Å². The van der Waals surface area contributed by atoms with Crippen LogP contribution < -0.4 is 10.1 Å². The third kappa shape index (κ3) is 4.54. The molecule has 142 valence electrons. The molecule has 0 aliphatic carbocycles. The highest BCUT2D eigenvalue weighted by atomic mass is 32.2. The number of pyridine rings is 1. The Kier molecular flexibility index (Phi) is 5.59. The molecule has 2 aromatic carbocycles. The summed E-state index contributed by atoms with van der Waals surface area (Å²) in [5.74, 6) is 0.739. The van der Waals surface area contributed by atoms with Crippen LogP contribution in [0.2, 0.25) is 0 Å². The molecule has 0 radical (unpaired) electrons. The first-order valence-electron chi connectivity index (χ1n) is 8.34. The van der Waals surface area contributed by atoms with Gasteiger partial charge in [0.25, 0.3) is 0 Å². The van der Waals surface area contributed by atoms with Crippen LogP contribution in [0.4, 0.5) is 11.4 Å². The van der Waals surface area contributed by atoms with Crippen molar-refractivity contribution in [1.82, 2.24) is 4.98 Å². The zero-order valence-corrected chi connectivity index (χ0v) is 15.9. The van der Waals surface area contributed by atoms with E-state index in [1.807, 2.05) is 24.3 Å². The van der Waals surface area contributed by atoms with Gasteiger partial charge in [-0.2, -0.15) is 0 Å². The van der Waals surface area contributed by atoms with E-state index in [9.17, 15) is 9.32 Å². The molecule has 0 aliphatic rings. The topological polar surface area (TPSA) is 109 Å². The lowest BCUT2D eigenvalue weighted by atomic mass is 10.1. The van der Waals surface area contributed by atoms with Gasteiger partial charge in [0, 0.05) is 40.0 Å². The number of methoxy groups -OCH3 is 1. The minimum absolute atomic E-state index is 0.0329. The second kappa shape index (κ2) is 7.91. The van der Waals surface area contributed by atoms with Gasteiger partial charge in [-0.15, -0.1) is 6.54 Å². The quantitative estimate of drug-likeness (QED) is 0.568. The molecule has 0 saturated carbocycles. The number of nitrogens with one attached hydrogen (secondary N) is 2. The van der Waals surface area contributed by atoms with E-state index in [-0.39, 0.29) is 6.54 Å². The zero-order valence-electron chi connectivity index (χ0n) is 15.0. The molecule has 0 bridgehead atoms. The van der Waals surface area contributed by atoms with Crippen LogP contribution in [-0.2, 0) is 9.92 Å². The molecule has 0 amide bonds. The number of nitrogens with zero attached hydrogens (tertiary/aromatic N) is 2. The summed E-state index contributed by atoms with van der Waals surface area (Å²) in [6.45, 7) is 1.51. The molecule has 8 heteroatoms. The summed E-state index contributed by atoms with van der Waals surface area (Å²) in [7, 11) is -1.66. The fourth-order valence-corrected chi connectivity index (χ4v) is 3.61. The van der Waals surface area contributed by atoms with Crippen LogP contribution in [-0.4, -0.2) is 34.1 Å². The lowest BCUT2D eigenvalue weighted by Crippen LogP contribution is -2.09. The number of hydrogen-bond donors (Lipinski definition) is 3. The normalized spacial score (nSPS) is 14.5. The Hall–Kier alpha value is -2.68. The van der Waals surface area contributed by atoms with E-state index in [2.05, 4.69) is 15.0 Å². The molecule has 2 atom stereocenters. The predicted octanol–water partition coefficient (Wildman–Crippen LogP) is 4.06. The van der Waals surface area contributed by atoms with Gasteiger partial charge >= 0.3 is 0 Å². The maximum absolute atomic E-state index is 12.3. The molecule has 27 heavy (non-hydrogen) atoms. The zero-order chi connectivity index (χ0) is 19.4. The van der Waals surface area contributed by atoms with E-state index in [1.54, 1.807) is 44.5 Å². The van der Waals surface area contributed by atoms with Gasteiger partial charge in [-0.25, -0.2) is 0 Å². The number of ether oxygens (including phenoxy) is 1. The van der Waals surface area contributed by atoms with Gasteiger partial charge in [0.15, 0.2) is 0 Å². The van der Waals surface area contributed by atoms with Gasteiger partial charge in [-0.3, -0.25) is 14.0 Å². The average Bonchev–Trinajstić information content (AvgIpc) is 2.67. The summed E-state index contributed by atoms with van der Waals surface area (Å²) in [6, 6.07) is 14.2. The minimum atomic E-state index is -3.27. The number of hydrogen-bond acceptors (Lipinski definition) is 6.